The van der Waals surface area contributed by atoms with Crippen LogP contribution in [0.5, 0.6) is 0 Å². The minimum Gasteiger partial charge on any atom is -0.462 e. The van der Waals surface area contributed by atoms with Crippen LogP contribution in [0.15, 0.2) is 58.7 Å². The van der Waals surface area contributed by atoms with Gasteiger partial charge in [-0.3, -0.25) is 19.2 Å². The number of hydrogen-bond acceptors (Lipinski definition) is 8. The molecule has 0 amide bonds. The number of ether oxygens (including phenoxy) is 1. The number of halogens is 1. The van der Waals surface area contributed by atoms with Crippen LogP contribution in [-0.4, -0.2) is 37.7 Å². The van der Waals surface area contributed by atoms with Crippen molar-refractivity contribution in [3.05, 3.63) is 76.2 Å². The quantitative estimate of drug-likeness (QED) is 0.261. The van der Waals surface area contributed by atoms with Crippen molar-refractivity contribution < 1.29 is 13.9 Å². The van der Waals surface area contributed by atoms with E-state index in [1.807, 2.05) is 24.3 Å². The lowest BCUT2D eigenvalue weighted by molar-refractivity contribution is 0.0527. The molecule has 0 fully saturated rings. The third-order valence-corrected chi connectivity index (χ3v) is 7.14. The third kappa shape index (κ3) is 3.85. The molecular weight excluding hydrogens is 463 g/mol. The van der Waals surface area contributed by atoms with Crippen LogP contribution in [0.1, 0.15) is 23.0 Å². The first-order valence-electron chi connectivity index (χ1n) is 10.2. The van der Waals surface area contributed by atoms with Gasteiger partial charge >= 0.3 is 5.97 Å². The van der Waals surface area contributed by atoms with Crippen LogP contribution >= 0.6 is 23.1 Å². The SMILES string of the molecule is CCOC(=O)c1c(=O)c2cc(F)c(SCCc3cnccn3)nc2n2c1sc1ccccc12. The van der Waals surface area contributed by atoms with Gasteiger partial charge in [-0.25, -0.2) is 14.2 Å². The van der Waals surface area contributed by atoms with Crippen molar-refractivity contribution in [1.82, 2.24) is 19.4 Å². The number of carbonyl (C=O) groups is 1. The van der Waals surface area contributed by atoms with Gasteiger partial charge in [-0.2, -0.15) is 0 Å². The molecule has 0 bridgehead atoms. The van der Waals surface area contributed by atoms with Crippen LogP contribution in [0.4, 0.5) is 4.39 Å². The maximum absolute atomic E-state index is 15.0. The lowest BCUT2D eigenvalue weighted by Gasteiger charge is -2.10. The normalized spacial score (nSPS) is 11.5. The topological polar surface area (TPSA) is 86.5 Å². The minimum absolute atomic E-state index is 0.0369. The second-order valence-electron chi connectivity index (χ2n) is 7.08. The number of para-hydroxylation sites is 1. The zero-order valence-electron chi connectivity index (χ0n) is 17.4. The van der Waals surface area contributed by atoms with E-state index < -0.39 is 17.2 Å². The van der Waals surface area contributed by atoms with E-state index in [1.165, 1.54) is 23.1 Å². The number of rotatable bonds is 6. The molecule has 1 aromatic carbocycles. The van der Waals surface area contributed by atoms with Crippen LogP contribution in [0.3, 0.4) is 0 Å². The Kier molecular flexibility index (Phi) is 5.77. The highest BCUT2D eigenvalue weighted by atomic mass is 32.2. The number of aryl methyl sites for hydroxylation is 1. The zero-order chi connectivity index (χ0) is 22.9. The lowest BCUT2D eigenvalue weighted by atomic mass is 10.2. The summed E-state index contributed by atoms with van der Waals surface area (Å²) in [6, 6.07) is 8.69. The monoisotopic (exact) mass is 480 g/mol. The van der Waals surface area contributed by atoms with Crippen molar-refractivity contribution in [1.29, 1.82) is 0 Å². The Balaban J connectivity index is 1.69. The number of benzene rings is 1. The fourth-order valence-corrected chi connectivity index (χ4v) is 5.61. The summed E-state index contributed by atoms with van der Waals surface area (Å²) in [6.45, 7) is 1.80. The van der Waals surface area contributed by atoms with Crippen LogP contribution in [0.2, 0.25) is 0 Å². The number of pyridine rings is 2. The molecular formula is C23H17FN4O3S2. The fourth-order valence-electron chi connectivity index (χ4n) is 3.59. The molecule has 4 aromatic heterocycles. The number of nitrogens with zero attached hydrogens (tertiary/aromatic N) is 4. The molecule has 10 heteroatoms. The first kappa shape index (κ1) is 21.5. The molecule has 4 heterocycles. The van der Waals surface area contributed by atoms with E-state index in [0.717, 1.165) is 22.0 Å². The molecule has 0 radical (unpaired) electrons. The van der Waals surface area contributed by atoms with Gasteiger partial charge in [0.25, 0.3) is 0 Å². The number of aromatic nitrogens is 4. The van der Waals surface area contributed by atoms with Crippen molar-refractivity contribution in [2.45, 2.75) is 18.4 Å². The Bertz CT molecular complexity index is 1570. The molecule has 0 atom stereocenters. The van der Waals surface area contributed by atoms with Gasteiger partial charge in [-0.15, -0.1) is 23.1 Å². The molecule has 0 spiro atoms. The number of thioether (sulfide) groups is 1. The molecule has 0 aliphatic rings. The Morgan fingerprint density at radius 3 is 2.91 bits per heavy atom. The third-order valence-electron chi connectivity index (χ3n) is 5.03. The van der Waals surface area contributed by atoms with E-state index in [0.29, 0.717) is 22.7 Å². The summed E-state index contributed by atoms with van der Waals surface area (Å²) in [7, 11) is 0. The van der Waals surface area contributed by atoms with Gasteiger partial charge in [0.15, 0.2) is 11.5 Å². The van der Waals surface area contributed by atoms with E-state index in [9.17, 15) is 14.0 Å². The van der Waals surface area contributed by atoms with Gasteiger partial charge in [0.1, 0.15) is 15.4 Å². The van der Waals surface area contributed by atoms with Crippen LogP contribution in [-0.2, 0) is 11.2 Å². The molecule has 166 valence electrons. The highest BCUT2D eigenvalue weighted by Gasteiger charge is 2.24. The van der Waals surface area contributed by atoms with Gasteiger partial charge < -0.3 is 4.74 Å². The summed E-state index contributed by atoms with van der Waals surface area (Å²) >= 11 is 2.54. The zero-order valence-corrected chi connectivity index (χ0v) is 19.1. The Morgan fingerprint density at radius 1 is 1.27 bits per heavy atom. The number of carbonyl (C=O) groups excluding carboxylic acids is 1. The highest BCUT2D eigenvalue weighted by molar-refractivity contribution is 7.99. The molecule has 5 rings (SSSR count). The summed E-state index contributed by atoms with van der Waals surface area (Å²) in [5.74, 6) is -0.799. The van der Waals surface area contributed by atoms with E-state index in [2.05, 4.69) is 15.0 Å². The molecule has 0 unspecified atom stereocenters. The summed E-state index contributed by atoms with van der Waals surface area (Å²) in [5.41, 5.74) is 1.20. The summed E-state index contributed by atoms with van der Waals surface area (Å²) in [6.07, 6.45) is 5.47. The molecule has 0 N–H and O–H groups in total. The maximum atomic E-state index is 15.0. The minimum atomic E-state index is -0.726. The number of esters is 1. The van der Waals surface area contributed by atoms with E-state index >= 15 is 0 Å². The molecule has 0 aliphatic heterocycles. The van der Waals surface area contributed by atoms with Gasteiger partial charge in [0.2, 0.25) is 5.43 Å². The number of hydrogen-bond donors (Lipinski definition) is 0. The van der Waals surface area contributed by atoms with E-state index in [1.54, 1.807) is 29.9 Å². The first-order chi connectivity index (χ1) is 16.1. The van der Waals surface area contributed by atoms with Crippen molar-refractivity contribution in [2.75, 3.05) is 12.4 Å². The van der Waals surface area contributed by atoms with Crippen LogP contribution < -0.4 is 5.43 Å². The molecule has 0 aliphatic carbocycles. The largest absolute Gasteiger partial charge is 0.462 e. The molecule has 33 heavy (non-hydrogen) atoms. The van der Waals surface area contributed by atoms with Crippen LogP contribution in [0.25, 0.3) is 26.1 Å². The average molecular weight is 481 g/mol. The summed E-state index contributed by atoms with van der Waals surface area (Å²) < 4.78 is 22.7. The Labute approximate surface area is 195 Å². The summed E-state index contributed by atoms with van der Waals surface area (Å²) in [4.78, 5) is 39.2. The van der Waals surface area contributed by atoms with Crippen molar-refractivity contribution in [3.63, 3.8) is 0 Å². The number of thiazole rings is 1. The summed E-state index contributed by atoms with van der Waals surface area (Å²) in [5, 5.41) is 0.216. The predicted molar refractivity (Wildman–Crippen MR) is 127 cm³/mol. The van der Waals surface area contributed by atoms with Crippen molar-refractivity contribution in [2.24, 2.45) is 0 Å². The van der Waals surface area contributed by atoms with Gasteiger partial charge in [-0.05, 0) is 25.1 Å². The van der Waals surface area contributed by atoms with Gasteiger partial charge in [0, 0.05) is 30.8 Å². The van der Waals surface area contributed by atoms with E-state index in [-0.39, 0.29) is 22.6 Å². The Morgan fingerprint density at radius 2 is 2.12 bits per heavy atom. The van der Waals surface area contributed by atoms with Gasteiger partial charge in [-0.1, -0.05) is 12.1 Å². The van der Waals surface area contributed by atoms with Crippen molar-refractivity contribution >= 4 is 55.1 Å². The average Bonchev–Trinajstić information content (AvgIpc) is 3.20. The smallest absolute Gasteiger partial charge is 0.345 e. The predicted octanol–water partition coefficient (Wildman–Crippen LogP) is 4.50. The Hall–Kier alpha value is -3.37. The number of fused-ring (bicyclic) bond motifs is 5. The van der Waals surface area contributed by atoms with Crippen molar-refractivity contribution in [3.8, 4) is 0 Å². The second-order valence-corrected chi connectivity index (χ2v) is 9.19. The highest BCUT2D eigenvalue weighted by Crippen LogP contribution is 2.32. The van der Waals surface area contributed by atoms with Gasteiger partial charge in [0.05, 0.1) is 27.9 Å². The maximum Gasteiger partial charge on any atom is 0.345 e. The standard InChI is InChI=1S/C23H17FN4O3S2/c1-2-31-23(30)18-19(29)14-11-15(24)21(32-10-7-13-12-25-8-9-26-13)27-20(14)28-16-5-3-4-6-17(16)33-22(18)28/h3-6,8-9,11-12H,2,7,10H2,1H3. The van der Waals surface area contributed by atoms with E-state index in [4.69, 9.17) is 4.74 Å². The molecule has 0 saturated carbocycles. The van der Waals surface area contributed by atoms with Crippen LogP contribution in [0, 0.1) is 5.82 Å². The fraction of sp³-hybridized carbons (Fsp3) is 0.174. The molecule has 7 nitrogen and oxygen atoms in total. The second kappa shape index (κ2) is 8.87. The lowest BCUT2D eigenvalue weighted by Crippen LogP contribution is -2.20. The molecule has 0 saturated heterocycles. The first-order valence-corrected chi connectivity index (χ1v) is 12.0. The molecule has 5 aromatic rings.